The molecule has 1 amide bonds. The molecule has 3 fully saturated rings. The molecule has 4 rings (SSSR count). The zero-order valence-electron chi connectivity index (χ0n) is 21.1. The van der Waals surface area contributed by atoms with Crippen LogP contribution < -0.4 is 5.73 Å². The summed E-state index contributed by atoms with van der Waals surface area (Å²) < 4.78 is 0. The van der Waals surface area contributed by atoms with Gasteiger partial charge in [0, 0.05) is 6.42 Å². The molecule has 0 aliphatic heterocycles. The normalized spacial score (nSPS) is 43.0. The summed E-state index contributed by atoms with van der Waals surface area (Å²) >= 11 is 0. The molecule has 2 heteroatoms. The van der Waals surface area contributed by atoms with Gasteiger partial charge >= 0.3 is 0 Å². The molecule has 0 spiro atoms. The zero-order chi connectivity index (χ0) is 22.4. The van der Waals surface area contributed by atoms with E-state index in [9.17, 15) is 4.79 Å². The lowest BCUT2D eigenvalue weighted by atomic mass is 9.46. The molecule has 0 bridgehead atoms. The average Bonchev–Trinajstić information content (AvgIpc) is 3.05. The molecule has 31 heavy (non-hydrogen) atoms. The molecule has 0 aromatic heterocycles. The van der Waals surface area contributed by atoms with Gasteiger partial charge in [-0.25, -0.2) is 0 Å². The van der Waals surface area contributed by atoms with Gasteiger partial charge in [0.25, 0.3) is 0 Å². The second kappa shape index (κ2) is 8.86. The molecule has 2 N–H and O–H groups in total. The maximum atomic E-state index is 11.5. The summed E-state index contributed by atoms with van der Waals surface area (Å²) in [5.41, 5.74) is 8.17. The van der Waals surface area contributed by atoms with Gasteiger partial charge in [0.1, 0.15) is 0 Å². The molecular weight excluding hydrogens is 378 g/mol. The van der Waals surface area contributed by atoms with E-state index in [1.165, 1.54) is 64.2 Å². The van der Waals surface area contributed by atoms with Crippen LogP contribution >= 0.6 is 0 Å². The van der Waals surface area contributed by atoms with Crippen molar-refractivity contribution in [3.05, 3.63) is 11.6 Å². The van der Waals surface area contributed by atoms with Gasteiger partial charge in [0.05, 0.1) is 0 Å². The average molecular weight is 428 g/mol. The second-order valence-corrected chi connectivity index (χ2v) is 13.1. The van der Waals surface area contributed by atoms with Crippen molar-refractivity contribution < 1.29 is 4.79 Å². The van der Waals surface area contributed by atoms with Gasteiger partial charge in [-0.15, -0.1) is 0 Å². The number of carbonyl (C=O) groups is 1. The van der Waals surface area contributed by atoms with Gasteiger partial charge in [-0.05, 0) is 104 Å². The fourth-order valence-corrected chi connectivity index (χ4v) is 9.22. The van der Waals surface area contributed by atoms with Crippen molar-refractivity contribution in [1.82, 2.24) is 0 Å². The predicted octanol–water partition coefficient (Wildman–Crippen LogP) is 7.52. The Kier molecular flexibility index (Phi) is 6.68. The summed E-state index contributed by atoms with van der Waals surface area (Å²) in [4.78, 5) is 11.5. The molecule has 176 valence electrons. The molecule has 0 unspecified atom stereocenters. The van der Waals surface area contributed by atoms with Gasteiger partial charge in [0.15, 0.2) is 0 Å². The Bertz CT molecular complexity index is 695. The van der Waals surface area contributed by atoms with Crippen molar-refractivity contribution in [2.75, 3.05) is 0 Å². The number of carbonyl (C=O) groups excluding carboxylic acids is 1. The predicted molar refractivity (Wildman–Crippen MR) is 130 cm³/mol. The maximum Gasteiger partial charge on any atom is 0.217 e. The lowest BCUT2D eigenvalue weighted by Crippen LogP contribution is -2.50. The quantitative estimate of drug-likeness (QED) is 0.419. The molecular formula is C29H49NO. The first-order valence-corrected chi connectivity index (χ1v) is 13.6. The van der Waals surface area contributed by atoms with E-state index in [1.807, 2.05) is 0 Å². The summed E-state index contributed by atoms with van der Waals surface area (Å²) in [6.45, 7) is 12.6. The van der Waals surface area contributed by atoms with Crippen LogP contribution in [0.3, 0.4) is 0 Å². The van der Waals surface area contributed by atoms with Crippen LogP contribution in [0.25, 0.3) is 0 Å². The Labute approximate surface area is 192 Å². The number of amides is 1. The Hall–Kier alpha value is -0.790. The zero-order valence-corrected chi connectivity index (χ0v) is 21.1. The third-order valence-electron chi connectivity index (χ3n) is 10.9. The molecule has 4 aliphatic rings. The fourth-order valence-electron chi connectivity index (χ4n) is 9.22. The van der Waals surface area contributed by atoms with Crippen molar-refractivity contribution in [1.29, 1.82) is 0 Å². The Morgan fingerprint density at radius 1 is 1.06 bits per heavy atom. The molecule has 2 nitrogen and oxygen atoms in total. The van der Waals surface area contributed by atoms with Gasteiger partial charge < -0.3 is 5.73 Å². The van der Waals surface area contributed by atoms with Crippen LogP contribution in [0, 0.1) is 52.3 Å². The third-order valence-corrected chi connectivity index (χ3v) is 10.9. The van der Waals surface area contributed by atoms with E-state index in [2.05, 4.69) is 40.7 Å². The molecule has 3 saturated carbocycles. The molecule has 0 radical (unpaired) electrons. The van der Waals surface area contributed by atoms with Crippen molar-refractivity contribution >= 4 is 5.91 Å². The number of allylic oxidation sites excluding steroid dienone is 2. The van der Waals surface area contributed by atoms with Crippen LogP contribution in [0.4, 0.5) is 0 Å². The Morgan fingerprint density at radius 2 is 1.84 bits per heavy atom. The first-order valence-electron chi connectivity index (χ1n) is 13.6. The fraction of sp³-hybridized carbons (Fsp3) is 0.897. The monoisotopic (exact) mass is 427 g/mol. The van der Waals surface area contributed by atoms with E-state index in [1.54, 1.807) is 5.57 Å². The van der Waals surface area contributed by atoms with Crippen LogP contribution in [-0.2, 0) is 4.79 Å². The minimum absolute atomic E-state index is 0.115. The van der Waals surface area contributed by atoms with Crippen molar-refractivity contribution in [2.45, 2.75) is 112 Å². The van der Waals surface area contributed by atoms with Gasteiger partial charge in [-0.2, -0.15) is 0 Å². The molecule has 4 aliphatic carbocycles. The van der Waals surface area contributed by atoms with Crippen LogP contribution in [0.2, 0.25) is 0 Å². The topological polar surface area (TPSA) is 43.1 Å². The highest BCUT2D eigenvalue weighted by atomic mass is 16.1. The van der Waals surface area contributed by atoms with Crippen LogP contribution in [-0.4, -0.2) is 5.91 Å². The van der Waals surface area contributed by atoms with Gasteiger partial charge in [-0.3, -0.25) is 4.79 Å². The molecule has 0 saturated heterocycles. The Balaban J connectivity index is 1.47. The van der Waals surface area contributed by atoms with E-state index < -0.39 is 0 Å². The highest BCUT2D eigenvalue weighted by Gasteiger charge is 2.59. The van der Waals surface area contributed by atoms with E-state index in [0.717, 1.165) is 41.9 Å². The first-order chi connectivity index (χ1) is 14.6. The SMILES string of the molecule is CC(C)CCC[C@@H](C)[C@H]1CC[C@H]2[C@@H]3CC=C4C[C@@H](CC(N)=O)CC[C@]4(C)[C@H]3CC[C@]12C. The Morgan fingerprint density at radius 3 is 2.55 bits per heavy atom. The highest BCUT2D eigenvalue weighted by Crippen LogP contribution is 2.67. The number of fused-ring (bicyclic) bond motifs is 5. The van der Waals surface area contributed by atoms with E-state index in [0.29, 0.717) is 23.2 Å². The number of nitrogens with two attached hydrogens (primary N) is 1. The summed E-state index contributed by atoms with van der Waals surface area (Å²) in [6, 6.07) is 0. The summed E-state index contributed by atoms with van der Waals surface area (Å²) in [6.07, 6.45) is 18.2. The lowest BCUT2D eigenvalue weighted by molar-refractivity contribution is -0.119. The molecule has 0 aromatic rings. The van der Waals surface area contributed by atoms with E-state index in [4.69, 9.17) is 5.73 Å². The number of hydrogen-bond acceptors (Lipinski definition) is 1. The molecule has 8 atom stereocenters. The molecule has 0 heterocycles. The largest absolute Gasteiger partial charge is 0.370 e. The standard InChI is InChI=1S/C29H49NO/c1-19(2)7-6-8-20(3)24-11-12-25-23-10-9-22-17-21(18-27(30)31)13-15-28(22,4)26(23)14-16-29(24,25)5/h9,19-21,23-26H,6-8,10-18H2,1-5H3,(H2,30,31)/t20-,21+,23+,24-,25+,26+,28+,29-/m1/s1. The minimum Gasteiger partial charge on any atom is -0.370 e. The smallest absolute Gasteiger partial charge is 0.217 e. The van der Waals surface area contributed by atoms with Gasteiger partial charge in [-0.1, -0.05) is 65.5 Å². The van der Waals surface area contributed by atoms with Crippen molar-refractivity contribution in [3.8, 4) is 0 Å². The van der Waals surface area contributed by atoms with Crippen LogP contribution in [0.1, 0.15) is 112 Å². The minimum atomic E-state index is -0.115. The summed E-state index contributed by atoms with van der Waals surface area (Å²) in [5, 5.41) is 0. The number of primary amides is 1. The first kappa shape index (κ1) is 23.4. The lowest BCUT2D eigenvalue weighted by Gasteiger charge is -2.58. The van der Waals surface area contributed by atoms with E-state index >= 15 is 0 Å². The second-order valence-electron chi connectivity index (χ2n) is 13.1. The highest BCUT2D eigenvalue weighted by molar-refractivity contribution is 5.74. The molecule has 0 aromatic carbocycles. The summed E-state index contributed by atoms with van der Waals surface area (Å²) in [7, 11) is 0. The van der Waals surface area contributed by atoms with Crippen molar-refractivity contribution in [3.63, 3.8) is 0 Å². The number of rotatable bonds is 7. The number of hydrogen-bond donors (Lipinski definition) is 1. The summed E-state index contributed by atoms with van der Waals surface area (Å²) in [5.74, 6) is 5.75. The van der Waals surface area contributed by atoms with Crippen LogP contribution in [0.5, 0.6) is 0 Å². The maximum absolute atomic E-state index is 11.5. The van der Waals surface area contributed by atoms with Crippen LogP contribution in [0.15, 0.2) is 11.6 Å². The van der Waals surface area contributed by atoms with Crippen molar-refractivity contribution in [2.24, 2.45) is 58.0 Å². The van der Waals surface area contributed by atoms with E-state index in [-0.39, 0.29) is 5.91 Å². The van der Waals surface area contributed by atoms with Gasteiger partial charge in [0.2, 0.25) is 5.91 Å². The third kappa shape index (κ3) is 4.26.